The number of thiazole rings is 1. The Morgan fingerprint density at radius 2 is 1.68 bits per heavy atom. The normalized spacial score (nSPS) is 16.9. The summed E-state index contributed by atoms with van der Waals surface area (Å²) in [6.45, 7) is 15.3. The van der Waals surface area contributed by atoms with E-state index in [0.717, 1.165) is 43.6 Å². The molecule has 0 aliphatic carbocycles. The van der Waals surface area contributed by atoms with Gasteiger partial charge < -0.3 is 41.2 Å². The Bertz CT molecular complexity index is 2230. The van der Waals surface area contributed by atoms with E-state index in [1.807, 2.05) is 101 Å². The molecule has 3 aromatic carbocycles. The van der Waals surface area contributed by atoms with Crippen LogP contribution in [0.1, 0.15) is 103 Å². The van der Waals surface area contributed by atoms with E-state index in [4.69, 9.17) is 15.2 Å². The van der Waals surface area contributed by atoms with Crippen LogP contribution in [0.25, 0.3) is 21.2 Å². The number of nitrogens with two attached hydrogens (primary N) is 1. The lowest BCUT2D eigenvalue weighted by molar-refractivity contribution is -0.144. The lowest BCUT2D eigenvalue weighted by Gasteiger charge is -2.35. The summed E-state index contributed by atoms with van der Waals surface area (Å²) >= 11 is 1.57. The number of hydrogen-bond acceptors (Lipinski definition) is 10. The number of amides is 5. The summed E-state index contributed by atoms with van der Waals surface area (Å²) in [6, 6.07) is 17.7. The largest absolute Gasteiger partial charge is 0.444 e. The van der Waals surface area contributed by atoms with E-state index in [2.05, 4.69) is 20.9 Å². The Balaban J connectivity index is 1.14. The molecule has 0 spiro atoms. The van der Waals surface area contributed by atoms with Gasteiger partial charge in [0.2, 0.25) is 23.6 Å². The van der Waals surface area contributed by atoms with Crippen molar-refractivity contribution < 1.29 is 38.6 Å². The molecule has 0 radical (unpaired) electrons. The van der Waals surface area contributed by atoms with Crippen molar-refractivity contribution in [2.75, 3.05) is 6.54 Å². The van der Waals surface area contributed by atoms with Crippen molar-refractivity contribution in [2.45, 2.75) is 143 Å². The molecule has 6 N–H and O–H groups in total. The standard InChI is InChI=1S/C48H64N6O8S/c1-29-42(63-28-51-29)34-18-15-31(16-19-34)25-50-44(58)39-24-36(55)26-54(39)45(59)43(47(3,4)5)53-41(57)14-10-12-33-11-9-13-35-23-32(17-20-37(33)35)27-61-30(2)38(21-22-40(49)56)52-46(60)62-48(6,7)8/h9,11,13,15-20,23,28,30,36,38-39,43,55H,10,12,14,21-22,24-27H2,1-8H3,(H2,49,56)(H,50,58)(H,52,60)(H,53,57)/t30-,36-,38+,39+,43-/m1/s1. The number of rotatable bonds is 18. The van der Waals surface area contributed by atoms with E-state index in [1.54, 1.807) is 32.1 Å². The van der Waals surface area contributed by atoms with Crippen molar-refractivity contribution in [1.29, 1.82) is 0 Å². The van der Waals surface area contributed by atoms with Crippen LogP contribution in [0, 0.1) is 12.3 Å². The van der Waals surface area contributed by atoms with Gasteiger partial charge >= 0.3 is 6.09 Å². The molecular weight excluding hydrogens is 821 g/mol. The highest BCUT2D eigenvalue weighted by molar-refractivity contribution is 7.13. The van der Waals surface area contributed by atoms with E-state index in [0.29, 0.717) is 19.3 Å². The molecule has 0 unspecified atom stereocenters. The smallest absolute Gasteiger partial charge is 0.407 e. The SMILES string of the molecule is Cc1ncsc1-c1ccc(CNC(=O)[C@@H]2C[C@@H](O)CN2C(=O)[C@@H](NC(=O)CCCc2cccc3cc(CO[C@H](C)[C@H](CCC(N)=O)NC(=O)OC(C)(C)C)ccc23)C(C)(C)C)cc1. The number of likely N-dealkylation sites (tertiary alicyclic amines) is 1. The van der Waals surface area contributed by atoms with Crippen molar-refractivity contribution in [2.24, 2.45) is 11.1 Å². The summed E-state index contributed by atoms with van der Waals surface area (Å²) in [6.07, 6.45) is -0.0709. The predicted octanol–water partition coefficient (Wildman–Crippen LogP) is 6.47. The summed E-state index contributed by atoms with van der Waals surface area (Å²) in [7, 11) is 0. The number of aryl methyl sites for hydroxylation is 2. The molecule has 2 heterocycles. The zero-order valence-corrected chi connectivity index (χ0v) is 38.6. The number of aliphatic hydroxyl groups excluding tert-OH is 1. The summed E-state index contributed by atoms with van der Waals surface area (Å²) in [5, 5.41) is 21.4. The topological polar surface area (TPSA) is 202 Å². The number of aromatic nitrogens is 1. The number of benzene rings is 3. The minimum Gasteiger partial charge on any atom is -0.444 e. The molecule has 1 aromatic heterocycles. The first kappa shape index (κ1) is 48.6. The number of hydrogen-bond donors (Lipinski definition) is 5. The van der Waals surface area contributed by atoms with Crippen LogP contribution in [0.3, 0.4) is 0 Å². The second-order valence-electron chi connectivity index (χ2n) is 18.5. The van der Waals surface area contributed by atoms with Crippen molar-refractivity contribution in [3.63, 3.8) is 0 Å². The maximum absolute atomic E-state index is 14.1. The zero-order chi connectivity index (χ0) is 46.1. The molecule has 63 heavy (non-hydrogen) atoms. The fourth-order valence-corrected chi connectivity index (χ4v) is 8.50. The third kappa shape index (κ3) is 14.1. The fraction of sp³-hybridized carbons (Fsp3) is 0.500. The van der Waals surface area contributed by atoms with Gasteiger partial charge in [0.25, 0.3) is 0 Å². The van der Waals surface area contributed by atoms with E-state index < -0.39 is 59.3 Å². The van der Waals surface area contributed by atoms with Gasteiger partial charge in [-0.1, -0.05) is 75.4 Å². The Morgan fingerprint density at radius 1 is 0.968 bits per heavy atom. The predicted molar refractivity (Wildman–Crippen MR) is 244 cm³/mol. The molecule has 340 valence electrons. The second-order valence-corrected chi connectivity index (χ2v) is 19.4. The quantitative estimate of drug-likeness (QED) is 0.0743. The Hall–Kier alpha value is -5.38. The first-order valence-corrected chi connectivity index (χ1v) is 22.5. The molecular formula is C48H64N6O8S. The number of β-amino-alcohol motifs (C(OH)–C–C–N with tert-alkyl or cyclic N) is 1. The Labute approximate surface area is 374 Å². The summed E-state index contributed by atoms with van der Waals surface area (Å²) in [5.74, 6) is -1.50. The number of carbonyl (C=O) groups is 5. The molecule has 4 aromatic rings. The van der Waals surface area contributed by atoms with Gasteiger partial charge in [-0.25, -0.2) is 9.78 Å². The zero-order valence-electron chi connectivity index (χ0n) is 37.8. The average molecular weight is 885 g/mol. The Kier molecular flexibility index (Phi) is 16.5. The third-order valence-electron chi connectivity index (χ3n) is 11.1. The van der Waals surface area contributed by atoms with Crippen LogP contribution in [0.2, 0.25) is 0 Å². The highest BCUT2D eigenvalue weighted by atomic mass is 32.1. The van der Waals surface area contributed by atoms with Crippen molar-refractivity contribution in [3.05, 3.63) is 88.6 Å². The van der Waals surface area contributed by atoms with Gasteiger partial charge in [-0.05, 0) is 98.4 Å². The van der Waals surface area contributed by atoms with Crippen LogP contribution in [0.4, 0.5) is 4.79 Å². The molecule has 15 heteroatoms. The van der Waals surface area contributed by atoms with E-state index in [-0.39, 0.29) is 50.8 Å². The van der Waals surface area contributed by atoms with Gasteiger partial charge in [-0.3, -0.25) is 19.2 Å². The number of alkyl carbamates (subject to hydrolysis) is 1. The lowest BCUT2D eigenvalue weighted by Crippen LogP contribution is -2.57. The van der Waals surface area contributed by atoms with Gasteiger partial charge in [-0.15, -0.1) is 11.3 Å². The highest BCUT2D eigenvalue weighted by Gasteiger charge is 2.44. The minimum absolute atomic E-state index is 0.000994. The molecule has 14 nitrogen and oxygen atoms in total. The summed E-state index contributed by atoms with van der Waals surface area (Å²) in [5.41, 5.74) is 10.8. The summed E-state index contributed by atoms with van der Waals surface area (Å²) in [4.78, 5) is 72.0. The van der Waals surface area contributed by atoms with Crippen molar-refractivity contribution in [1.82, 2.24) is 25.8 Å². The highest BCUT2D eigenvalue weighted by Crippen LogP contribution is 2.29. The van der Waals surface area contributed by atoms with Crippen LogP contribution in [-0.4, -0.2) is 87.2 Å². The fourth-order valence-electron chi connectivity index (χ4n) is 7.69. The van der Waals surface area contributed by atoms with Crippen LogP contribution in [0.5, 0.6) is 0 Å². The van der Waals surface area contributed by atoms with E-state index in [9.17, 15) is 29.1 Å². The first-order valence-electron chi connectivity index (χ1n) is 21.6. The number of carbonyl (C=O) groups excluding carboxylic acids is 5. The van der Waals surface area contributed by atoms with Gasteiger partial charge in [0, 0.05) is 32.4 Å². The van der Waals surface area contributed by atoms with Gasteiger partial charge in [-0.2, -0.15) is 0 Å². The van der Waals surface area contributed by atoms with Gasteiger partial charge in [0.1, 0.15) is 17.7 Å². The van der Waals surface area contributed by atoms with E-state index >= 15 is 0 Å². The second kappa shape index (κ2) is 21.3. The molecule has 1 saturated heterocycles. The summed E-state index contributed by atoms with van der Waals surface area (Å²) < 4.78 is 11.6. The van der Waals surface area contributed by atoms with Gasteiger partial charge in [0.05, 0.1) is 40.9 Å². The Morgan fingerprint density at radius 3 is 2.33 bits per heavy atom. The lowest BCUT2D eigenvalue weighted by atomic mass is 9.85. The van der Waals surface area contributed by atoms with Crippen LogP contribution < -0.4 is 21.7 Å². The number of fused-ring (bicyclic) bond motifs is 1. The first-order chi connectivity index (χ1) is 29.7. The van der Waals surface area contributed by atoms with Crippen LogP contribution in [0.15, 0.2) is 66.2 Å². The van der Waals surface area contributed by atoms with Crippen molar-refractivity contribution in [3.8, 4) is 10.4 Å². The number of nitrogens with one attached hydrogen (secondary N) is 3. The number of primary amides is 1. The third-order valence-corrected chi connectivity index (χ3v) is 12.1. The molecule has 5 amide bonds. The monoisotopic (exact) mass is 884 g/mol. The maximum Gasteiger partial charge on any atom is 0.407 e. The number of aliphatic hydroxyl groups is 1. The molecule has 0 saturated carbocycles. The average Bonchev–Trinajstić information content (AvgIpc) is 3.83. The molecule has 5 atom stereocenters. The maximum atomic E-state index is 14.1. The number of ether oxygens (including phenoxy) is 2. The van der Waals surface area contributed by atoms with E-state index in [1.165, 1.54) is 4.90 Å². The molecule has 1 fully saturated rings. The van der Waals surface area contributed by atoms with Crippen LogP contribution >= 0.6 is 11.3 Å². The molecule has 5 rings (SSSR count). The molecule has 0 bridgehead atoms. The molecule has 1 aliphatic rings. The molecule has 1 aliphatic heterocycles. The van der Waals surface area contributed by atoms with Crippen molar-refractivity contribution >= 4 is 51.8 Å². The van der Waals surface area contributed by atoms with Crippen LogP contribution in [-0.2, 0) is 48.2 Å². The minimum atomic E-state index is -0.916. The van der Waals surface area contributed by atoms with Gasteiger partial charge in [0.15, 0.2) is 0 Å². The number of nitrogens with zero attached hydrogens (tertiary/aromatic N) is 2.